The first-order valence-electron chi connectivity index (χ1n) is 6.12. The molecule has 0 unspecified atom stereocenters. The molecule has 0 aliphatic rings. The second-order valence-electron chi connectivity index (χ2n) is 5.66. The number of ether oxygens (including phenoxy) is 1. The highest BCUT2D eigenvalue weighted by molar-refractivity contribution is 14.1. The van der Waals surface area contributed by atoms with Gasteiger partial charge in [0.2, 0.25) is 0 Å². The van der Waals surface area contributed by atoms with Crippen molar-refractivity contribution in [2.24, 2.45) is 0 Å². The van der Waals surface area contributed by atoms with Crippen molar-refractivity contribution in [3.05, 3.63) is 21.1 Å². The van der Waals surface area contributed by atoms with Gasteiger partial charge in [0.15, 0.2) is 0 Å². The molecule has 0 N–H and O–H groups in total. The first-order chi connectivity index (χ1) is 8.87. The van der Waals surface area contributed by atoms with Gasteiger partial charge >= 0.3 is 0 Å². The quantitative estimate of drug-likeness (QED) is 0.324. The Morgan fingerprint density at radius 3 is 2.84 bits per heavy atom. The molecule has 0 amide bonds. The van der Waals surface area contributed by atoms with E-state index < -0.39 is 8.07 Å². The van der Waals surface area contributed by atoms with Gasteiger partial charge in [-0.05, 0) is 34.7 Å². The normalized spacial score (nSPS) is 12.3. The molecule has 104 valence electrons. The maximum absolute atomic E-state index is 5.90. The van der Waals surface area contributed by atoms with Crippen LogP contribution in [-0.4, -0.2) is 29.4 Å². The van der Waals surface area contributed by atoms with Gasteiger partial charge in [0.25, 0.3) is 0 Å². The topological polar surface area (TPSA) is 39.9 Å². The fourth-order valence-corrected chi connectivity index (χ4v) is 3.24. The average molecular weight is 410 g/mol. The smallest absolute Gasteiger partial charge is 0.140 e. The molecule has 2 heterocycles. The van der Waals surface area contributed by atoms with Gasteiger partial charge in [0.05, 0.1) is 11.7 Å². The highest BCUT2D eigenvalue weighted by Gasteiger charge is 2.13. The Balaban J connectivity index is 2.05. The van der Waals surface area contributed by atoms with Gasteiger partial charge < -0.3 is 4.74 Å². The monoisotopic (exact) mass is 409 g/mol. The van der Waals surface area contributed by atoms with Gasteiger partial charge in [-0.15, -0.1) is 0 Å². The van der Waals surface area contributed by atoms with E-state index >= 15 is 0 Å². The van der Waals surface area contributed by atoms with Gasteiger partial charge in [-0.3, -0.25) is 0 Å². The number of aromatic nitrogens is 3. The largest absolute Gasteiger partial charge is 0.360 e. The summed E-state index contributed by atoms with van der Waals surface area (Å²) in [4.78, 5) is 4.10. The molecule has 0 saturated carbocycles. The fourth-order valence-electron chi connectivity index (χ4n) is 1.64. The predicted octanol–water partition coefficient (Wildman–Crippen LogP) is 4.00. The minimum absolute atomic E-state index is 0.466. The number of halogens is 2. The Labute approximate surface area is 132 Å². The second-order valence-corrected chi connectivity index (χ2v) is 12.7. The van der Waals surface area contributed by atoms with Crippen LogP contribution < -0.4 is 0 Å². The van der Waals surface area contributed by atoms with Crippen LogP contribution in [0.3, 0.4) is 0 Å². The lowest BCUT2D eigenvalue weighted by Gasteiger charge is -2.15. The summed E-state index contributed by atoms with van der Waals surface area (Å²) in [6.45, 7) is 8.28. The number of nitrogens with zero attached hydrogens (tertiary/aromatic N) is 3. The van der Waals surface area contributed by atoms with Crippen molar-refractivity contribution in [2.75, 3.05) is 6.61 Å². The SMILES string of the molecule is C[Si](C)(C)CCOCn1nc(I)c2cc(Cl)ncc21. The number of pyridine rings is 1. The van der Waals surface area contributed by atoms with Gasteiger partial charge in [0, 0.05) is 20.1 Å². The summed E-state index contributed by atoms with van der Waals surface area (Å²) >= 11 is 8.10. The van der Waals surface area contributed by atoms with E-state index in [0.29, 0.717) is 11.9 Å². The number of rotatable bonds is 5. The number of hydrogen-bond donors (Lipinski definition) is 0. The molecule has 2 aromatic heterocycles. The van der Waals surface area contributed by atoms with Crippen LogP contribution in [0.2, 0.25) is 30.8 Å². The minimum Gasteiger partial charge on any atom is -0.360 e. The first kappa shape index (κ1) is 15.2. The van der Waals surface area contributed by atoms with Gasteiger partial charge in [-0.25, -0.2) is 9.67 Å². The van der Waals surface area contributed by atoms with Crippen molar-refractivity contribution in [1.82, 2.24) is 14.8 Å². The third-order valence-electron chi connectivity index (χ3n) is 2.77. The van der Waals surface area contributed by atoms with E-state index in [1.54, 1.807) is 6.20 Å². The molecule has 2 rings (SSSR count). The molecule has 0 bridgehead atoms. The molecule has 0 atom stereocenters. The second kappa shape index (κ2) is 6.07. The lowest BCUT2D eigenvalue weighted by molar-refractivity contribution is 0.0814. The Morgan fingerprint density at radius 1 is 1.42 bits per heavy atom. The lowest BCUT2D eigenvalue weighted by Crippen LogP contribution is -2.22. The van der Waals surface area contributed by atoms with Crippen LogP contribution in [0.15, 0.2) is 12.3 Å². The highest BCUT2D eigenvalue weighted by Crippen LogP contribution is 2.22. The van der Waals surface area contributed by atoms with Crippen molar-refractivity contribution in [3.63, 3.8) is 0 Å². The Morgan fingerprint density at radius 2 is 2.16 bits per heavy atom. The molecule has 0 radical (unpaired) electrons. The average Bonchev–Trinajstić information content (AvgIpc) is 2.60. The standard InChI is InChI=1S/C12H17ClIN3OSi/c1-19(2,3)5-4-18-8-17-10-7-15-11(13)6-9(10)12(14)16-17/h6-7H,4-5,8H2,1-3H3. The van der Waals surface area contributed by atoms with Crippen molar-refractivity contribution < 1.29 is 4.74 Å². The molecule has 0 aliphatic carbocycles. The Hall–Kier alpha value is -0.183. The molecule has 2 aromatic rings. The molecule has 0 spiro atoms. The zero-order valence-corrected chi connectivity index (χ0v) is 15.2. The van der Waals surface area contributed by atoms with Crippen molar-refractivity contribution in [2.45, 2.75) is 32.4 Å². The van der Waals surface area contributed by atoms with E-state index in [-0.39, 0.29) is 0 Å². The van der Waals surface area contributed by atoms with Crippen LogP contribution in [0.4, 0.5) is 0 Å². The molecule has 0 fully saturated rings. The first-order valence-corrected chi connectivity index (χ1v) is 11.3. The van der Waals surface area contributed by atoms with Crippen LogP contribution >= 0.6 is 34.2 Å². The summed E-state index contributed by atoms with van der Waals surface area (Å²) in [6, 6.07) is 3.00. The molecule has 4 nitrogen and oxygen atoms in total. The number of hydrogen-bond acceptors (Lipinski definition) is 3. The maximum Gasteiger partial charge on any atom is 0.140 e. The van der Waals surface area contributed by atoms with Crippen molar-refractivity contribution in [3.8, 4) is 0 Å². The summed E-state index contributed by atoms with van der Waals surface area (Å²) in [5.74, 6) is 0. The fraction of sp³-hybridized carbons (Fsp3) is 0.500. The Bertz CT molecular complexity index is 582. The van der Waals surface area contributed by atoms with Crippen LogP contribution in [0.25, 0.3) is 10.9 Å². The van der Waals surface area contributed by atoms with E-state index in [4.69, 9.17) is 16.3 Å². The maximum atomic E-state index is 5.90. The van der Waals surface area contributed by atoms with E-state index in [0.717, 1.165) is 27.3 Å². The van der Waals surface area contributed by atoms with E-state index in [1.807, 2.05) is 10.7 Å². The summed E-state index contributed by atoms with van der Waals surface area (Å²) in [5, 5.41) is 5.97. The van der Waals surface area contributed by atoms with E-state index in [1.165, 1.54) is 0 Å². The van der Waals surface area contributed by atoms with Crippen LogP contribution in [0, 0.1) is 3.70 Å². The van der Waals surface area contributed by atoms with Gasteiger partial charge in [-0.1, -0.05) is 31.2 Å². The summed E-state index contributed by atoms with van der Waals surface area (Å²) in [6.07, 6.45) is 1.74. The van der Waals surface area contributed by atoms with Crippen LogP contribution in [-0.2, 0) is 11.5 Å². The minimum atomic E-state index is -1.04. The third-order valence-corrected chi connectivity index (χ3v) is 5.48. The molecule has 0 aliphatic heterocycles. The van der Waals surface area contributed by atoms with Crippen LogP contribution in [0.5, 0.6) is 0 Å². The molecular formula is C12H17ClIN3OSi. The lowest BCUT2D eigenvalue weighted by atomic mass is 10.3. The Kier molecular flexibility index (Phi) is 4.86. The van der Waals surface area contributed by atoms with Crippen molar-refractivity contribution in [1.29, 1.82) is 0 Å². The summed E-state index contributed by atoms with van der Waals surface area (Å²) < 4.78 is 8.48. The number of fused-ring (bicyclic) bond motifs is 1. The molecule has 7 heteroatoms. The third kappa shape index (κ3) is 4.14. The van der Waals surface area contributed by atoms with E-state index in [2.05, 4.69) is 52.3 Å². The summed E-state index contributed by atoms with van der Waals surface area (Å²) in [5.41, 5.74) is 0.960. The molecule has 0 saturated heterocycles. The molecule has 0 aromatic carbocycles. The predicted molar refractivity (Wildman–Crippen MR) is 89.4 cm³/mol. The van der Waals surface area contributed by atoms with Crippen molar-refractivity contribution >= 4 is 53.2 Å². The highest BCUT2D eigenvalue weighted by atomic mass is 127. The van der Waals surface area contributed by atoms with Gasteiger partial charge in [0.1, 0.15) is 15.6 Å². The van der Waals surface area contributed by atoms with E-state index in [9.17, 15) is 0 Å². The zero-order chi connectivity index (χ0) is 14.0. The summed E-state index contributed by atoms with van der Waals surface area (Å²) in [7, 11) is -1.04. The molecule has 19 heavy (non-hydrogen) atoms. The van der Waals surface area contributed by atoms with Crippen LogP contribution in [0.1, 0.15) is 0 Å². The van der Waals surface area contributed by atoms with Gasteiger partial charge in [-0.2, -0.15) is 5.10 Å². The zero-order valence-electron chi connectivity index (χ0n) is 11.3. The molecular weight excluding hydrogens is 393 g/mol.